The number of hydrogen-bond donors (Lipinski definition) is 2. The first-order valence-electron chi connectivity index (χ1n) is 6.14. The zero-order chi connectivity index (χ0) is 17.2. The van der Waals surface area contributed by atoms with Crippen LogP contribution in [0.15, 0.2) is 42.5 Å². The van der Waals surface area contributed by atoms with Crippen molar-refractivity contribution in [1.82, 2.24) is 0 Å². The molecule has 120 valence electrons. The van der Waals surface area contributed by atoms with Crippen LogP contribution in [-0.2, 0) is 6.18 Å². The van der Waals surface area contributed by atoms with Crippen LogP contribution in [0, 0.1) is 0 Å². The fourth-order valence-corrected chi connectivity index (χ4v) is 1.75. The fourth-order valence-electron chi connectivity index (χ4n) is 1.75. The molecule has 0 saturated heterocycles. The summed E-state index contributed by atoms with van der Waals surface area (Å²) in [7, 11) is 0. The minimum atomic E-state index is -4.67. The third kappa shape index (κ3) is 3.79. The van der Waals surface area contributed by atoms with Crippen molar-refractivity contribution < 1.29 is 37.7 Å². The highest BCUT2D eigenvalue weighted by Crippen LogP contribution is 2.34. The van der Waals surface area contributed by atoms with Crippen LogP contribution in [0.5, 0.6) is 11.5 Å². The van der Waals surface area contributed by atoms with Gasteiger partial charge in [-0.05, 0) is 42.5 Å². The van der Waals surface area contributed by atoms with Crippen LogP contribution in [0.4, 0.5) is 13.2 Å². The van der Waals surface area contributed by atoms with Gasteiger partial charge in [-0.3, -0.25) is 0 Å². The average Bonchev–Trinajstić information content (AvgIpc) is 2.46. The standard InChI is InChI=1S/C15H9F3O5/c16-15(17,18)9-3-6-12(11(7-9)14(21)22)23-10-4-1-8(2-5-10)13(19)20/h1-7H,(H,19,20)(H,21,22). The van der Waals surface area contributed by atoms with E-state index in [1.165, 1.54) is 24.3 Å². The van der Waals surface area contributed by atoms with Crippen molar-refractivity contribution in [2.75, 3.05) is 0 Å². The summed E-state index contributed by atoms with van der Waals surface area (Å²) in [6.07, 6.45) is -4.67. The summed E-state index contributed by atoms with van der Waals surface area (Å²) in [4.78, 5) is 21.8. The van der Waals surface area contributed by atoms with Crippen LogP contribution in [0.3, 0.4) is 0 Å². The first-order chi connectivity index (χ1) is 10.7. The summed E-state index contributed by atoms with van der Waals surface area (Å²) in [5.41, 5.74) is -1.77. The van der Waals surface area contributed by atoms with E-state index in [0.717, 1.165) is 6.07 Å². The van der Waals surface area contributed by atoms with Crippen LogP contribution in [-0.4, -0.2) is 22.2 Å². The molecule has 23 heavy (non-hydrogen) atoms. The molecule has 2 rings (SSSR count). The van der Waals surface area contributed by atoms with E-state index in [4.69, 9.17) is 14.9 Å². The van der Waals surface area contributed by atoms with Gasteiger partial charge in [0.05, 0.1) is 11.1 Å². The van der Waals surface area contributed by atoms with Crippen molar-refractivity contribution in [2.45, 2.75) is 6.18 Å². The van der Waals surface area contributed by atoms with Gasteiger partial charge in [0.15, 0.2) is 0 Å². The fraction of sp³-hybridized carbons (Fsp3) is 0.0667. The Morgan fingerprint density at radius 2 is 1.52 bits per heavy atom. The van der Waals surface area contributed by atoms with E-state index in [1.54, 1.807) is 0 Å². The van der Waals surface area contributed by atoms with Crippen LogP contribution in [0.2, 0.25) is 0 Å². The largest absolute Gasteiger partial charge is 0.478 e. The second kappa shape index (κ2) is 5.99. The lowest BCUT2D eigenvalue weighted by molar-refractivity contribution is -0.137. The molecule has 5 nitrogen and oxygen atoms in total. The molecule has 0 fully saturated rings. The second-order valence-electron chi connectivity index (χ2n) is 4.45. The van der Waals surface area contributed by atoms with E-state index in [9.17, 15) is 22.8 Å². The minimum absolute atomic E-state index is 0.0109. The molecule has 0 radical (unpaired) electrons. The number of carboxylic acids is 2. The van der Waals surface area contributed by atoms with Crippen molar-refractivity contribution in [2.24, 2.45) is 0 Å². The number of rotatable bonds is 4. The van der Waals surface area contributed by atoms with Gasteiger partial charge >= 0.3 is 18.1 Å². The van der Waals surface area contributed by atoms with Crippen LogP contribution >= 0.6 is 0 Å². The maximum atomic E-state index is 12.6. The lowest BCUT2D eigenvalue weighted by Gasteiger charge is -2.12. The van der Waals surface area contributed by atoms with Crippen LogP contribution in [0.1, 0.15) is 26.3 Å². The second-order valence-corrected chi connectivity index (χ2v) is 4.45. The summed E-state index contributed by atoms with van der Waals surface area (Å²) in [5.74, 6) is -2.92. The molecule has 0 aliphatic carbocycles. The van der Waals surface area contributed by atoms with Crippen molar-refractivity contribution in [3.63, 3.8) is 0 Å². The number of aromatic carboxylic acids is 2. The highest BCUT2D eigenvalue weighted by molar-refractivity contribution is 5.91. The number of alkyl halides is 3. The third-order valence-corrected chi connectivity index (χ3v) is 2.87. The molecule has 0 spiro atoms. The van der Waals surface area contributed by atoms with Crippen LogP contribution in [0.25, 0.3) is 0 Å². The number of hydrogen-bond acceptors (Lipinski definition) is 3. The Labute approximate surface area is 127 Å². The normalized spacial score (nSPS) is 11.1. The Morgan fingerprint density at radius 1 is 0.913 bits per heavy atom. The Morgan fingerprint density at radius 3 is 2.00 bits per heavy atom. The summed E-state index contributed by atoms with van der Waals surface area (Å²) in [6.45, 7) is 0. The molecule has 0 heterocycles. The Kier molecular flexibility index (Phi) is 4.26. The lowest BCUT2D eigenvalue weighted by atomic mass is 10.1. The molecule has 8 heteroatoms. The Hall–Kier alpha value is -3.03. The van der Waals surface area contributed by atoms with Gasteiger partial charge in [-0.1, -0.05) is 0 Å². The first kappa shape index (κ1) is 16.3. The quantitative estimate of drug-likeness (QED) is 0.890. The topological polar surface area (TPSA) is 83.8 Å². The maximum Gasteiger partial charge on any atom is 0.416 e. The predicted molar refractivity (Wildman–Crippen MR) is 71.9 cm³/mol. The summed E-state index contributed by atoms with van der Waals surface area (Å²) < 4.78 is 43.1. The molecule has 2 aromatic rings. The lowest BCUT2D eigenvalue weighted by Crippen LogP contribution is -2.08. The summed E-state index contributed by atoms with van der Waals surface area (Å²) >= 11 is 0. The molecular formula is C15H9F3O5. The highest BCUT2D eigenvalue weighted by Gasteiger charge is 2.32. The van der Waals surface area contributed by atoms with Gasteiger partial charge in [-0.15, -0.1) is 0 Å². The Bertz CT molecular complexity index is 751. The van der Waals surface area contributed by atoms with E-state index in [2.05, 4.69) is 0 Å². The number of ether oxygens (including phenoxy) is 1. The van der Waals surface area contributed by atoms with E-state index in [0.29, 0.717) is 12.1 Å². The van der Waals surface area contributed by atoms with Crippen molar-refractivity contribution >= 4 is 11.9 Å². The average molecular weight is 326 g/mol. The van der Waals surface area contributed by atoms with E-state index >= 15 is 0 Å². The van der Waals surface area contributed by atoms with Crippen LogP contribution < -0.4 is 4.74 Å². The number of carboxylic acid groups (broad SMARTS) is 2. The molecule has 0 unspecified atom stereocenters. The number of benzene rings is 2. The molecule has 0 aliphatic rings. The molecule has 2 N–H and O–H groups in total. The van der Waals surface area contributed by atoms with Gasteiger partial charge in [0.25, 0.3) is 0 Å². The van der Waals surface area contributed by atoms with Gasteiger partial charge in [-0.2, -0.15) is 13.2 Å². The minimum Gasteiger partial charge on any atom is -0.478 e. The van der Waals surface area contributed by atoms with Gasteiger partial charge in [0.1, 0.15) is 17.1 Å². The predicted octanol–water partition coefficient (Wildman–Crippen LogP) is 3.89. The van der Waals surface area contributed by atoms with Crippen molar-refractivity contribution in [3.8, 4) is 11.5 Å². The third-order valence-electron chi connectivity index (χ3n) is 2.87. The zero-order valence-electron chi connectivity index (χ0n) is 11.3. The maximum absolute atomic E-state index is 12.6. The smallest absolute Gasteiger partial charge is 0.416 e. The summed E-state index contributed by atoms with van der Waals surface area (Å²) in [6, 6.07) is 7.07. The van der Waals surface area contributed by atoms with Gasteiger partial charge in [0.2, 0.25) is 0 Å². The number of carbonyl (C=O) groups is 2. The molecule has 0 saturated carbocycles. The van der Waals surface area contributed by atoms with Crippen molar-refractivity contribution in [1.29, 1.82) is 0 Å². The molecule has 0 bridgehead atoms. The molecular weight excluding hydrogens is 317 g/mol. The highest BCUT2D eigenvalue weighted by atomic mass is 19.4. The number of halogens is 3. The zero-order valence-corrected chi connectivity index (χ0v) is 11.3. The molecule has 0 atom stereocenters. The van der Waals surface area contributed by atoms with E-state index < -0.39 is 29.2 Å². The van der Waals surface area contributed by atoms with Gasteiger partial charge < -0.3 is 14.9 Å². The molecule has 0 aromatic heterocycles. The molecule has 0 aliphatic heterocycles. The van der Waals surface area contributed by atoms with E-state index in [-0.39, 0.29) is 17.1 Å². The Balaban J connectivity index is 2.35. The molecule has 2 aromatic carbocycles. The van der Waals surface area contributed by atoms with Crippen molar-refractivity contribution in [3.05, 3.63) is 59.2 Å². The first-order valence-corrected chi connectivity index (χ1v) is 6.14. The monoisotopic (exact) mass is 326 g/mol. The summed E-state index contributed by atoms with van der Waals surface area (Å²) in [5, 5.41) is 17.8. The van der Waals surface area contributed by atoms with E-state index in [1.807, 2.05) is 0 Å². The SMILES string of the molecule is O=C(O)c1ccc(Oc2ccc(C(F)(F)F)cc2C(=O)O)cc1. The van der Waals surface area contributed by atoms with Gasteiger partial charge in [-0.25, -0.2) is 9.59 Å². The molecule has 0 amide bonds. The van der Waals surface area contributed by atoms with Gasteiger partial charge in [0, 0.05) is 0 Å².